The zero-order chi connectivity index (χ0) is 34.8. The van der Waals surface area contributed by atoms with E-state index in [9.17, 15) is 24.6 Å². The molecule has 3 heterocycles. The van der Waals surface area contributed by atoms with Crippen molar-refractivity contribution in [3.63, 3.8) is 0 Å². The molecule has 2 aromatic carbocycles. The molecule has 1 aliphatic rings. The van der Waals surface area contributed by atoms with Gasteiger partial charge in [0, 0.05) is 49.9 Å². The summed E-state index contributed by atoms with van der Waals surface area (Å²) in [5.74, 6) is -1.36. The lowest BCUT2D eigenvalue weighted by atomic mass is 9.84. The number of ether oxygens (including phenoxy) is 2. The van der Waals surface area contributed by atoms with Crippen LogP contribution in [0.15, 0.2) is 65.3 Å². The molecule has 3 N–H and O–H groups in total. The van der Waals surface area contributed by atoms with Gasteiger partial charge in [0.15, 0.2) is 0 Å². The third kappa shape index (κ3) is 9.10. The number of ketones is 1. The average molecular weight is 669 g/mol. The molecule has 0 saturated heterocycles. The maximum absolute atomic E-state index is 13.6. The maximum Gasteiger partial charge on any atom is 0.342 e. The van der Waals surface area contributed by atoms with E-state index in [1.54, 1.807) is 61.7 Å². The molecule has 0 aliphatic carbocycles. The molecule has 0 saturated carbocycles. The number of esters is 1. The number of pyridine rings is 1. The van der Waals surface area contributed by atoms with Gasteiger partial charge in [-0.15, -0.1) is 0 Å². The first-order valence-corrected chi connectivity index (χ1v) is 16.4. The van der Waals surface area contributed by atoms with Gasteiger partial charge in [0.25, 0.3) is 0 Å². The number of methoxy groups -OCH3 is 1. The summed E-state index contributed by atoms with van der Waals surface area (Å²) in [5, 5.41) is 29.9. The van der Waals surface area contributed by atoms with Gasteiger partial charge in [-0.05, 0) is 74.1 Å². The number of rotatable bonds is 9. The van der Waals surface area contributed by atoms with Gasteiger partial charge in [0.2, 0.25) is 17.6 Å². The Labute approximate surface area is 284 Å². The van der Waals surface area contributed by atoms with E-state index in [0.29, 0.717) is 67.2 Å². The fraction of sp³-hybridized carbons (Fsp3) is 0.351. The van der Waals surface area contributed by atoms with E-state index in [1.165, 1.54) is 13.2 Å². The summed E-state index contributed by atoms with van der Waals surface area (Å²) in [6, 6.07) is 13.7. The van der Waals surface area contributed by atoms with Gasteiger partial charge in [0.1, 0.15) is 34.3 Å². The highest BCUT2D eigenvalue weighted by Crippen LogP contribution is 2.44. The van der Waals surface area contributed by atoms with Crippen molar-refractivity contribution in [2.75, 3.05) is 13.7 Å². The lowest BCUT2D eigenvalue weighted by molar-refractivity contribution is -0.121. The van der Waals surface area contributed by atoms with Gasteiger partial charge in [-0.2, -0.15) is 4.98 Å². The second-order valence-corrected chi connectivity index (χ2v) is 11.9. The summed E-state index contributed by atoms with van der Waals surface area (Å²) in [6.45, 7) is 1.92. The Morgan fingerprint density at radius 2 is 1.90 bits per heavy atom. The highest BCUT2D eigenvalue weighted by molar-refractivity contribution is 5.98. The van der Waals surface area contributed by atoms with E-state index in [-0.39, 0.29) is 53.5 Å². The van der Waals surface area contributed by atoms with Crippen molar-refractivity contribution < 1.29 is 38.6 Å². The number of phenols is 2. The SMILES string of the molecule is COc1ccc(C(CC(=O)NCCc2nc(-c3ccccn3)no2)c2c(O)cc3c(c2O)C(=O)O[C@@H](C)CCCC(=O)CCCC=C3)cc1. The standard InChI is InChI=1S/C37H40N4O8/c1-23-9-8-12-26(42)11-5-3-4-10-25-21-30(43)34(35(45)33(25)37(46)48-23)28(24-14-16-27(47-2)17-15-24)22-31(44)39-20-18-32-40-36(41-49-32)29-13-6-7-19-38-29/h4,6-7,10,13-17,19,21,23,28,43,45H,3,5,8-9,11-12,18,20,22H2,1-2H3,(H,39,44)/t23-,28?/m0/s1. The number of fused-ring (bicyclic) bond motifs is 1. The van der Waals surface area contributed by atoms with Crippen LogP contribution in [-0.2, 0) is 20.7 Å². The fourth-order valence-electron chi connectivity index (χ4n) is 5.76. The Morgan fingerprint density at radius 3 is 2.65 bits per heavy atom. The van der Waals surface area contributed by atoms with E-state index in [2.05, 4.69) is 20.4 Å². The first-order valence-electron chi connectivity index (χ1n) is 16.4. The first kappa shape index (κ1) is 34.8. The van der Waals surface area contributed by atoms with Gasteiger partial charge in [0.05, 0.1) is 13.2 Å². The van der Waals surface area contributed by atoms with Crippen molar-refractivity contribution in [3.05, 3.63) is 88.9 Å². The summed E-state index contributed by atoms with van der Waals surface area (Å²) in [4.78, 5) is 47.7. The molecule has 1 aliphatic heterocycles. The molecule has 49 heavy (non-hydrogen) atoms. The highest BCUT2D eigenvalue weighted by atomic mass is 16.5. The number of allylic oxidation sites excluding steroid dienone is 1. The van der Waals surface area contributed by atoms with Crippen LogP contribution in [0.1, 0.15) is 90.7 Å². The van der Waals surface area contributed by atoms with E-state index in [0.717, 1.165) is 0 Å². The lowest BCUT2D eigenvalue weighted by Gasteiger charge is -2.23. The van der Waals surface area contributed by atoms with E-state index >= 15 is 0 Å². The molecular weight excluding hydrogens is 628 g/mol. The van der Waals surface area contributed by atoms with E-state index in [4.69, 9.17) is 14.0 Å². The number of aromatic hydroxyl groups is 2. The number of carbonyl (C=O) groups excluding carboxylic acids is 3. The molecule has 1 unspecified atom stereocenters. The van der Waals surface area contributed by atoms with Crippen LogP contribution in [0.5, 0.6) is 17.2 Å². The van der Waals surface area contributed by atoms with Crippen LogP contribution in [0.3, 0.4) is 0 Å². The maximum atomic E-state index is 13.6. The van der Waals surface area contributed by atoms with Gasteiger partial charge in [-0.1, -0.05) is 35.5 Å². The van der Waals surface area contributed by atoms with Crippen molar-refractivity contribution in [2.45, 2.75) is 70.3 Å². The first-order chi connectivity index (χ1) is 23.7. The summed E-state index contributed by atoms with van der Waals surface area (Å²) in [7, 11) is 1.53. The minimum Gasteiger partial charge on any atom is -0.507 e. The zero-order valence-corrected chi connectivity index (χ0v) is 27.6. The molecule has 256 valence electrons. The molecule has 12 heteroatoms. The molecule has 0 spiro atoms. The summed E-state index contributed by atoms with van der Waals surface area (Å²) < 4.78 is 16.3. The highest BCUT2D eigenvalue weighted by Gasteiger charge is 2.31. The van der Waals surface area contributed by atoms with E-state index in [1.807, 2.05) is 6.07 Å². The monoisotopic (exact) mass is 668 g/mol. The minimum atomic E-state index is -0.858. The summed E-state index contributed by atoms with van der Waals surface area (Å²) in [5.41, 5.74) is 1.33. The number of nitrogens with one attached hydrogen (secondary N) is 1. The van der Waals surface area contributed by atoms with Crippen molar-refractivity contribution in [1.82, 2.24) is 20.4 Å². The number of hydrogen-bond donors (Lipinski definition) is 3. The van der Waals surface area contributed by atoms with Crippen LogP contribution in [-0.4, -0.2) is 62.8 Å². The third-order valence-corrected chi connectivity index (χ3v) is 8.33. The molecule has 5 rings (SSSR count). The van der Waals surface area contributed by atoms with Crippen molar-refractivity contribution in [3.8, 4) is 28.8 Å². The summed E-state index contributed by atoms with van der Waals surface area (Å²) >= 11 is 0. The second kappa shape index (κ2) is 16.5. The van der Waals surface area contributed by atoms with Crippen LogP contribution in [0.25, 0.3) is 17.6 Å². The molecule has 12 nitrogen and oxygen atoms in total. The Kier molecular flexibility index (Phi) is 11.7. The fourth-order valence-corrected chi connectivity index (χ4v) is 5.76. The zero-order valence-electron chi connectivity index (χ0n) is 27.6. The van der Waals surface area contributed by atoms with Crippen LogP contribution >= 0.6 is 0 Å². The number of Topliss-reactive ketones (excluding diaryl/α,β-unsaturated/α-hetero) is 1. The summed E-state index contributed by atoms with van der Waals surface area (Å²) in [6.07, 6.45) is 7.77. The van der Waals surface area contributed by atoms with E-state index < -0.39 is 23.7 Å². The number of amides is 1. The van der Waals surface area contributed by atoms with Crippen LogP contribution < -0.4 is 10.1 Å². The number of cyclic esters (lactones) is 1. The van der Waals surface area contributed by atoms with Crippen LogP contribution in [0, 0.1) is 0 Å². The number of benzene rings is 2. The third-order valence-electron chi connectivity index (χ3n) is 8.33. The minimum absolute atomic E-state index is 0.0145. The largest absolute Gasteiger partial charge is 0.507 e. The van der Waals surface area contributed by atoms with Crippen molar-refractivity contribution >= 4 is 23.7 Å². The van der Waals surface area contributed by atoms with Crippen LogP contribution in [0.2, 0.25) is 0 Å². The number of phenolic OH excluding ortho intramolecular Hbond substituents is 2. The predicted octanol–water partition coefficient (Wildman–Crippen LogP) is 5.91. The molecule has 2 atom stereocenters. The smallest absolute Gasteiger partial charge is 0.342 e. The normalized spacial score (nSPS) is 16.2. The quantitative estimate of drug-likeness (QED) is 0.181. The van der Waals surface area contributed by atoms with Crippen LogP contribution in [0.4, 0.5) is 0 Å². The number of aromatic nitrogens is 3. The van der Waals surface area contributed by atoms with Gasteiger partial charge >= 0.3 is 5.97 Å². The number of carbonyl (C=O) groups is 3. The Balaban J connectivity index is 1.42. The van der Waals surface area contributed by atoms with Gasteiger partial charge in [-0.3, -0.25) is 14.6 Å². The topological polar surface area (TPSA) is 174 Å². The second-order valence-electron chi connectivity index (χ2n) is 11.9. The number of nitrogens with zero attached hydrogens (tertiary/aromatic N) is 3. The van der Waals surface area contributed by atoms with Crippen molar-refractivity contribution in [1.29, 1.82) is 0 Å². The Hall–Kier alpha value is -5.52. The molecule has 0 fully saturated rings. The molecule has 4 aromatic rings. The van der Waals surface area contributed by atoms with Crippen molar-refractivity contribution in [2.24, 2.45) is 0 Å². The lowest BCUT2D eigenvalue weighted by Crippen LogP contribution is -2.27. The number of hydrogen-bond acceptors (Lipinski definition) is 11. The molecular formula is C37H40N4O8. The van der Waals surface area contributed by atoms with Gasteiger partial charge < -0.3 is 29.5 Å². The molecule has 1 amide bonds. The Morgan fingerprint density at radius 1 is 1.10 bits per heavy atom. The Bertz CT molecular complexity index is 1790. The average Bonchev–Trinajstić information content (AvgIpc) is 3.56. The molecule has 0 bridgehead atoms. The predicted molar refractivity (Wildman–Crippen MR) is 180 cm³/mol. The van der Waals surface area contributed by atoms with Gasteiger partial charge in [-0.25, -0.2) is 4.79 Å². The molecule has 0 radical (unpaired) electrons. The molecule has 2 aromatic heterocycles.